The van der Waals surface area contributed by atoms with Crippen molar-refractivity contribution in [3.63, 3.8) is 0 Å². The molecule has 0 spiro atoms. The first-order valence-electron chi connectivity index (χ1n) is 11.3. The zero-order valence-electron chi connectivity index (χ0n) is 19.5. The van der Waals surface area contributed by atoms with Crippen molar-refractivity contribution in [1.29, 1.82) is 0 Å². The van der Waals surface area contributed by atoms with E-state index >= 15 is 0 Å². The van der Waals surface area contributed by atoms with Crippen LogP contribution in [-0.2, 0) is 16.0 Å². The first-order chi connectivity index (χ1) is 17.5. The summed E-state index contributed by atoms with van der Waals surface area (Å²) in [5.41, 5.74) is 3.93. The standard InChI is InChI=1S/C26H24ClFN6O2/c1-2-36-24(35)9-6-17-4-3-5-18(12-17)21-15-31-26(33-19-7-8-23(28)22(27)13-19)34-25(21)30-11-10-20-14-29-16-32-20/h3-9,12-16H,2,10-11H2,1H3,(H,29,32)(H2,30,31,33,34)/b9-6+. The zero-order valence-corrected chi connectivity index (χ0v) is 20.2. The van der Waals surface area contributed by atoms with Crippen LogP contribution >= 0.6 is 11.6 Å². The molecule has 36 heavy (non-hydrogen) atoms. The lowest BCUT2D eigenvalue weighted by molar-refractivity contribution is -0.137. The predicted molar refractivity (Wildman–Crippen MR) is 139 cm³/mol. The summed E-state index contributed by atoms with van der Waals surface area (Å²) in [6.45, 7) is 2.66. The molecular formula is C26H24ClFN6O2. The van der Waals surface area contributed by atoms with Crippen molar-refractivity contribution in [1.82, 2.24) is 19.9 Å². The van der Waals surface area contributed by atoms with E-state index in [0.717, 1.165) is 22.4 Å². The number of carbonyl (C=O) groups is 1. The van der Waals surface area contributed by atoms with Crippen molar-refractivity contribution in [3.8, 4) is 11.1 Å². The molecule has 2 aromatic carbocycles. The summed E-state index contributed by atoms with van der Waals surface area (Å²) < 4.78 is 18.5. The van der Waals surface area contributed by atoms with Gasteiger partial charge in [0, 0.05) is 42.7 Å². The molecule has 184 valence electrons. The van der Waals surface area contributed by atoms with Crippen LogP contribution in [0.25, 0.3) is 17.2 Å². The second kappa shape index (κ2) is 11.9. The van der Waals surface area contributed by atoms with E-state index in [1.54, 1.807) is 31.6 Å². The number of aromatic amines is 1. The Bertz CT molecular complexity index is 1360. The largest absolute Gasteiger partial charge is 0.463 e. The Morgan fingerprint density at radius 2 is 2.11 bits per heavy atom. The SMILES string of the molecule is CCOC(=O)/C=C/c1cccc(-c2cnc(Nc3ccc(F)c(Cl)c3)nc2NCCc2c[nH]cn2)c1. The molecule has 0 radical (unpaired) electrons. The van der Waals surface area contributed by atoms with Crippen molar-refractivity contribution in [2.75, 3.05) is 23.8 Å². The van der Waals surface area contributed by atoms with Crippen molar-refractivity contribution in [2.24, 2.45) is 0 Å². The molecule has 0 atom stereocenters. The predicted octanol–water partition coefficient (Wildman–Crippen LogP) is 5.63. The number of rotatable bonds is 10. The van der Waals surface area contributed by atoms with E-state index < -0.39 is 11.8 Å². The van der Waals surface area contributed by atoms with Crippen LogP contribution in [0.2, 0.25) is 5.02 Å². The Morgan fingerprint density at radius 1 is 1.22 bits per heavy atom. The number of esters is 1. The summed E-state index contributed by atoms with van der Waals surface area (Å²) in [5.74, 6) is 0.0178. The molecule has 0 aliphatic rings. The summed E-state index contributed by atoms with van der Waals surface area (Å²) in [7, 11) is 0. The number of aromatic nitrogens is 4. The van der Waals surface area contributed by atoms with E-state index in [2.05, 4.69) is 30.6 Å². The average Bonchev–Trinajstić information content (AvgIpc) is 3.39. The number of halogens is 2. The van der Waals surface area contributed by atoms with Gasteiger partial charge in [0.2, 0.25) is 5.95 Å². The van der Waals surface area contributed by atoms with Gasteiger partial charge in [-0.15, -0.1) is 0 Å². The third-order valence-electron chi connectivity index (χ3n) is 5.09. The van der Waals surface area contributed by atoms with Crippen molar-refractivity contribution < 1.29 is 13.9 Å². The first kappa shape index (κ1) is 24.9. The fourth-order valence-electron chi connectivity index (χ4n) is 3.39. The van der Waals surface area contributed by atoms with Gasteiger partial charge in [0.15, 0.2) is 0 Å². The Balaban J connectivity index is 1.61. The minimum Gasteiger partial charge on any atom is -0.463 e. The van der Waals surface area contributed by atoms with Gasteiger partial charge in [-0.05, 0) is 48.4 Å². The molecule has 3 N–H and O–H groups in total. The maximum Gasteiger partial charge on any atom is 0.330 e. The fraction of sp³-hybridized carbons (Fsp3) is 0.154. The topological polar surface area (TPSA) is 105 Å². The second-order valence-corrected chi connectivity index (χ2v) is 8.07. The lowest BCUT2D eigenvalue weighted by Crippen LogP contribution is -2.10. The number of anilines is 3. The van der Waals surface area contributed by atoms with Gasteiger partial charge in [0.05, 0.1) is 23.7 Å². The maximum absolute atomic E-state index is 13.5. The number of H-pyrrole nitrogens is 1. The van der Waals surface area contributed by atoms with E-state index in [1.807, 2.05) is 30.5 Å². The number of benzene rings is 2. The molecular weight excluding hydrogens is 483 g/mol. The molecule has 2 aromatic heterocycles. The molecule has 0 unspecified atom stereocenters. The highest BCUT2D eigenvalue weighted by molar-refractivity contribution is 6.31. The van der Waals surface area contributed by atoms with Gasteiger partial charge in [0.1, 0.15) is 11.6 Å². The van der Waals surface area contributed by atoms with Crippen LogP contribution in [0.15, 0.2) is 67.3 Å². The van der Waals surface area contributed by atoms with Gasteiger partial charge >= 0.3 is 5.97 Å². The normalized spacial score (nSPS) is 11.0. The minimum atomic E-state index is -0.504. The van der Waals surface area contributed by atoms with Crippen LogP contribution < -0.4 is 10.6 Å². The number of hydrogen-bond acceptors (Lipinski definition) is 7. The van der Waals surface area contributed by atoms with Crippen LogP contribution in [-0.4, -0.2) is 39.1 Å². The summed E-state index contributed by atoms with van der Waals surface area (Å²) in [5, 5.41) is 6.42. The number of hydrogen-bond donors (Lipinski definition) is 3. The zero-order chi connectivity index (χ0) is 25.3. The molecule has 4 rings (SSSR count). The molecule has 0 fully saturated rings. The number of carbonyl (C=O) groups excluding carboxylic acids is 1. The Hall–Kier alpha value is -4.24. The molecule has 8 nitrogen and oxygen atoms in total. The van der Waals surface area contributed by atoms with Gasteiger partial charge in [-0.25, -0.2) is 19.2 Å². The van der Waals surface area contributed by atoms with E-state index in [0.29, 0.717) is 37.0 Å². The van der Waals surface area contributed by atoms with Gasteiger partial charge < -0.3 is 20.4 Å². The summed E-state index contributed by atoms with van der Waals surface area (Å²) >= 11 is 5.90. The molecule has 0 bridgehead atoms. The maximum atomic E-state index is 13.5. The molecule has 0 saturated carbocycles. The molecule has 0 saturated heterocycles. The van der Waals surface area contributed by atoms with Gasteiger partial charge in [-0.3, -0.25) is 0 Å². The number of ether oxygens (including phenoxy) is 1. The Kier molecular flexibility index (Phi) is 8.25. The number of nitrogens with one attached hydrogen (secondary N) is 3. The van der Waals surface area contributed by atoms with Crippen LogP contribution in [0.5, 0.6) is 0 Å². The smallest absolute Gasteiger partial charge is 0.330 e. The lowest BCUT2D eigenvalue weighted by atomic mass is 10.0. The average molecular weight is 507 g/mol. The molecule has 0 aliphatic heterocycles. The summed E-state index contributed by atoms with van der Waals surface area (Å²) in [6, 6.07) is 11.9. The molecule has 2 heterocycles. The monoisotopic (exact) mass is 506 g/mol. The van der Waals surface area contributed by atoms with E-state index in [9.17, 15) is 9.18 Å². The van der Waals surface area contributed by atoms with Crippen LogP contribution in [0.1, 0.15) is 18.2 Å². The Morgan fingerprint density at radius 3 is 2.89 bits per heavy atom. The van der Waals surface area contributed by atoms with E-state index in [-0.39, 0.29) is 5.02 Å². The van der Waals surface area contributed by atoms with Crippen molar-refractivity contribution in [3.05, 3.63) is 89.4 Å². The van der Waals surface area contributed by atoms with E-state index in [1.165, 1.54) is 18.2 Å². The highest BCUT2D eigenvalue weighted by Crippen LogP contribution is 2.29. The minimum absolute atomic E-state index is 0.00154. The highest BCUT2D eigenvalue weighted by Gasteiger charge is 2.11. The van der Waals surface area contributed by atoms with Crippen molar-refractivity contribution in [2.45, 2.75) is 13.3 Å². The Labute approximate surface area is 212 Å². The van der Waals surface area contributed by atoms with Crippen molar-refractivity contribution >= 4 is 41.1 Å². The van der Waals surface area contributed by atoms with Gasteiger partial charge in [-0.1, -0.05) is 29.8 Å². The summed E-state index contributed by atoms with van der Waals surface area (Å²) in [4.78, 5) is 28.0. The second-order valence-electron chi connectivity index (χ2n) is 7.66. The van der Waals surface area contributed by atoms with Crippen LogP contribution in [0.4, 0.5) is 21.8 Å². The molecule has 4 aromatic rings. The lowest BCUT2D eigenvalue weighted by Gasteiger charge is -2.14. The quantitative estimate of drug-likeness (QED) is 0.189. The van der Waals surface area contributed by atoms with Gasteiger partial charge in [-0.2, -0.15) is 4.98 Å². The molecule has 0 aliphatic carbocycles. The van der Waals surface area contributed by atoms with E-state index in [4.69, 9.17) is 16.3 Å². The third-order valence-corrected chi connectivity index (χ3v) is 5.38. The van der Waals surface area contributed by atoms with Crippen LogP contribution in [0.3, 0.4) is 0 Å². The first-order valence-corrected chi connectivity index (χ1v) is 11.7. The molecule has 0 amide bonds. The highest BCUT2D eigenvalue weighted by atomic mass is 35.5. The van der Waals surface area contributed by atoms with Gasteiger partial charge in [0.25, 0.3) is 0 Å². The third kappa shape index (κ3) is 6.67. The fourth-order valence-corrected chi connectivity index (χ4v) is 3.57. The number of imidazole rings is 1. The van der Waals surface area contributed by atoms with Crippen LogP contribution in [0, 0.1) is 5.82 Å². The number of nitrogens with zero attached hydrogens (tertiary/aromatic N) is 3. The molecule has 10 heteroatoms. The summed E-state index contributed by atoms with van der Waals surface area (Å²) in [6.07, 6.45) is 8.95.